The minimum absolute atomic E-state index is 0.0557. The predicted molar refractivity (Wildman–Crippen MR) is 112 cm³/mol. The Hall–Kier alpha value is -0.900. The first-order valence-corrected chi connectivity index (χ1v) is 12.0. The molecule has 0 aromatic carbocycles. The van der Waals surface area contributed by atoms with Gasteiger partial charge < -0.3 is 9.84 Å². The molecule has 4 heteroatoms. The van der Waals surface area contributed by atoms with Gasteiger partial charge in [-0.1, -0.05) is 27.7 Å². The van der Waals surface area contributed by atoms with Crippen LogP contribution < -0.4 is 0 Å². The van der Waals surface area contributed by atoms with Gasteiger partial charge in [-0.15, -0.1) is 0 Å². The van der Waals surface area contributed by atoms with Crippen molar-refractivity contribution in [3.8, 4) is 0 Å². The number of ketones is 1. The summed E-state index contributed by atoms with van der Waals surface area (Å²) < 4.78 is 5.08. The number of methoxy groups -OCH3 is 1. The lowest BCUT2D eigenvalue weighted by Gasteiger charge is -2.62. The van der Waals surface area contributed by atoms with Crippen LogP contribution in [0.3, 0.4) is 0 Å². The van der Waals surface area contributed by atoms with Crippen LogP contribution in [0.25, 0.3) is 0 Å². The minimum atomic E-state index is -0.239. The van der Waals surface area contributed by atoms with Crippen molar-refractivity contribution < 1.29 is 19.4 Å². The minimum Gasteiger partial charge on any atom is -0.469 e. The van der Waals surface area contributed by atoms with E-state index in [1.165, 1.54) is 7.11 Å². The SMILES string of the molecule is CC[C@@H]1C(=O)[C@@H]2[C@H](CC[C@]3(C)C([C@H](C)C(=O)OC)CC[C@@H]23)[C@@]2(C)CC[C@@H](O)C[C@@H]12. The van der Waals surface area contributed by atoms with Crippen LogP contribution >= 0.6 is 0 Å². The molecule has 4 nitrogen and oxygen atoms in total. The first-order valence-electron chi connectivity index (χ1n) is 12.0. The Kier molecular flexibility index (Phi) is 5.41. The number of hydrogen-bond acceptors (Lipinski definition) is 4. The Morgan fingerprint density at radius 3 is 2.41 bits per heavy atom. The molecule has 10 atom stereocenters. The van der Waals surface area contributed by atoms with E-state index >= 15 is 0 Å². The molecule has 0 heterocycles. The second-order valence-electron chi connectivity index (χ2n) is 11.2. The third kappa shape index (κ3) is 2.95. The van der Waals surface area contributed by atoms with Crippen LogP contribution in [-0.4, -0.2) is 30.1 Å². The summed E-state index contributed by atoms with van der Waals surface area (Å²) in [5.41, 5.74) is 0.228. The smallest absolute Gasteiger partial charge is 0.308 e. The van der Waals surface area contributed by atoms with E-state index in [9.17, 15) is 14.7 Å². The molecule has 0 radical (unpaired) electrons. The van der Waals surface area contributed by atoms with Gasteiger partial charge >= 0.3 is 5.97 Å². The molecular formula is C25H40O4. The molecule has 4 saturated carbocycles. The highest BCUT2D eigenvalue weighted by atomic mass is 16.5. The summed E-state index contributed by atoms with van der Waals surface area (Å²) in [7, 11) is 1.49. The molecule has 29 heavy (non-hydrogen) atoms. The maximum Gasteiger partial charge on any atom is 0.308 e. The average molecular weight is 405 g/mol. The molecule has 4 aliphatic carbocycles. The number of fused-ring (bicyclic) bond motifs is 5. The molecule has 4 aliphatic rings. The number of esters is 1. The molecule has 0 aliphatic heterocycles. The van der Waals surface area contributed by atoms with Gasteiger partial charge in [-0.25, -0.2) is 0 Å². The Morgan fingerprint density at radius 1 is 1.10 bits per heavy atom. The monoisotopic (exact) mass is 404 g/mol. The highest BCUT2D eigenvalue weighted by Crippen LogP contribution is 2.68. The van der Waals surface area contributed by atoms with Gasteiger partial charge in [-0.3, -0.25) is 9.59 Å². The van der Waals surface area contributed by atoms with E-state index in [-0.39, 0.29) is 40.7 Å². The fraction of sp³-hybridized carbons (Fsp3) is 0.920. The standard InChI is InChI=1S/C25H40O4/c1-6-16-20-13-15(26)9-11-25(20,4)19-10-12-24(3)17(14(2)23(28)29-5)7-8-18(24)21(19)22(16)27/h14-21,26H,6-13H2,1-5H3/t14-,15+,16-,17?,18-,19-,20-,21-,24+,25+/m0/s1. The van der Waals surface area contributed by atoms with E-state index in [1.807, 2.05) is 6.92 Å². The van der Waals surface area contributed by atoms with Crippen molar-refractivity contribution in [3.05, 3.63) is 0 Å². The second-order valence-corrected chi connectivity index (χ2v) is 11.2. The highest BCUT2D eigenvalue weighted by Gasteiger charge is 2.65. The first-order chi connectivity index (χ1) is 13.7. The largest absolute Gasteiger partial charge is 0.469 e. The zero-order valence-electron chi connectivity index (χ0n) is 18.9. The molecule has 0 aromatic rings. The van der Waals surface area contributed by atoms with Crippen LogP contribution in [0, 0.1) is 52.3 Å². The van der Waals surface area contributed by atoms with E-state index in [0.717, 1.165) is 51.4 Å². The number of hydrogen-bond donors (Lipinski definition) is 1. The summed E-state index contributed by atoms with van der Waals surface area (Å²) in [5, 5.41) is 10.4. The van der Waals surface area contributed by atoms with Crippen LogP contribution in [0.4, 0.5) is 0 Å². The van der Waals surface area contributed by atoms with E-state index in [4.69, 9.17) is 4.74 Å². The highest BCUT2D eigenvalue weighted by molar-refractivity contribution is 5.86. The molecule has 4 fully saturated rings. The number of aliphatic hydroxyl groups excluding tert-OH is 1. The maximum atomic E-state index is 13.9. The van der Waals surface area contributed by atoms with Crippen molar-refractivity contribution in [2.45, 2.75) is 85.2 Å². The lowest BCUT2D eigenvalue weighted by Crippen LogP contribution is -2.60. The van der Waals surface area contributed by atoms with E-state index in [1.54, 1.807) is 0 Å². The molecule has 0 amide bonds. The molecule has 0 aromatic heterocycles. The number of carbonyl (C=O) groups excluding carboxylic acids is 2. The Bertz CT molecular complexity index is 674. The van der Waals surface area contributed by atoms with Crippen LogP contribution in [0.5, 0.6) is 0 Å². The summed E-state index contributed by atoms with van der Waals surface area (Å²) in [4.78, 5) is 26.2. The van der Waals surface area contributed by atoms with Crippen molar-refractivity contribution in [1.82, 2.24) is 0 Å². The second kappa shape index (κ2) is 7.35. The zero-order chi connectivity index (χ0) is 21.1. The van der Waals surface area contributed by atoms with Gasteiger partial charge in [-0.05, 0) is 85.9 Å². The van der Waals surface area contributed by atoms with Crippen LogP contribution in [0.15, 0.2) is 0 Å². The van der Waals surface area contributed by atoms with E-state index < -0.39 is 0 Å². The van der Waals surface area contributed by atoms with Gasteiger partial charge in [0.25, 0.3) is 0 Å². The molecule has 0 bridgehead atoms. The molecule has 0 saturated heterocycles. The first kappa shape index (κ1) is 21.3. The summed E-state index contributed by atoms with van der Waals surface area (Å²) >= 11 is 0. The topological polar surface area (TPSA) is 63.6 Å². The summed E-state index contributed by atoms with van der Waals surface area (Å²) in [6.45, 7) is 8.97. The number of ether oxygens (including phenoxy) is 1. The third-order valence-corrected chi connectivity index (χ3v) is 10.4. The molecule has 1 unspecified atom stereocenters. The van der Waals surface area contributed by atoms with Crippen molar-refractivity contribution in [2.24, 2.45) is 52.3 Å². The molecule has 164 valence electrons. The third-order valence-electron chi connectivity index (χ3n) is 10.4. The Balaban J connectivity index is 1.68. The molecule has 1 N–H and O–H groups in total. The van der Waals surface area contributed by atoms with Crippen molar-refractivity contribution >= 4 is 11.8 Å². The number of carbonyl (C=O) groups is 2. The quantitative estimate of drug-likeness (QED) is 0.697. The van der Waals surface area contributed by atoms with Crippen molar-refractivity contribution in [1.29, 1.82) is 0 Å². The average Bonchev–Trinajstić information content (AvgIpc) is 3.05. The van der Waals surface area contributed by atoms with Gasteiger partial charge in [0.15, 0.2) is 0 Å². The summed E-state index contributed by atoms with van der Waals surface area (Å²) in [6.07, 6.45) is 7.68. The predicted octanol–water partition coefficient (Wildman–Crippen LogP) is 4.63. The van der Waals surface area contributed by atoms with Crippen LogP contribution in [-0.2, 0) is 14.3 Å². The molecular weight excluding hydrogens is 364 g/mol. The number of rotatable bonds is 3. The normalized spacial score (nSPS) is 50.3. The van der Waals surface area contributed by atoms with Gasteiger partial charge in [-0.2, -0.15) is 0 Å². The van der Waals surface area contributed by atoms with Crippen LogP contribution in [0.1, 0.15) is 79.1 Å². The number of aliphatic hydroxyl groups is 1. The summed E-state index contributed by atoms with van der Waals surface area (Å²) in [6, 6.07) is 0. The Labute approximate surface area is 176 Å². The fourth-order valence-electron chi connectivity index (χ4n) is 8.85. The van der Waals surface area contributed by atoms with Crippen molar-refractivity contribution in [2.75, 3.05) is 7.11 Å². The molecule has 4 rings (SSSR count). The van der Waals surface area contributed by atoms with Crippen LogP contribution in [0.2, 0.25) is 0 Å². The molecule has 0 spiro atoms. The number of Topliss-reactive ketones (excluding diaryl/α,β-unsaturated/α-hetero) is 1. The lowest BCUT2D eigenvalue weighted by molar-refractivity contribution is -0.174. The van der Waals surface area contributed by atoms with E-state index in [0.29, 0.717) is 29.5 Å². The zero-order valence-corrected chi connectivity index (χ0v) is 18.9. The summed E-state index contributed by atoms with van der Waals surface area (Å²) in [5.74, 6) is 2.00. The fourth-order valence-corrected chi connectivity index (χ4v) is 8.85. The van der Waals surface area contributed by atoms with Gasteiger partial charge in [0, 0.05) is 11.8 Å². The van der Waals surface area contributed by atoms with E-state index in [2.05, 4.69) is 20.8 Å². The maximum absolute atomic E-state index is 13.9. The Morgan fingerprint density at radius 2 is 1.76 bits per heavy atom. The lowest BCUT2D eigenvalue weighted by atomic mass is 9.42. The van der Waals surface area contributed by atoms with Crippen molar-refractivity contribution in [3.63, 3.8) is 0 Å². The van der Waals surface area contributed by atoms with Gasteiger partial charge in [0.2, 0.25) is 0 Å². The van der Waals surface area contributed by atoms with Gasteiger partial charge in [0.05, 0.1) is 19.1 Å². The van der Waals surface area contributed by atoms with Gasteiger partial charge in [0.1, 0.15) is 5.78 Å².